The Morgan fingerprint density at radius 2 is 1.27 bits per heavy atom. The number of carbonyl (C=O) groups excluding carboxylic acids is 9. The Hall–Kier alpha value is -6.53. The number of alkyl halides is 3. The highest BCUT2D eigenvalue weighted by molar-refractivity contribution is 6.06. The Bertz CT molecular complexity index is 1960. The highest BCUT2D eigenvalue weighted by atomic mass is 19.4. The van der Waals surface area contributed by atoms with Gasteiger partial charge < -0.3 is 84.2 Å². The number of carboxylic acid groups (broad SMARTS) is 1. The molecule has 66 heavy (non-hydrogen) atoms. The molecule has 1 aliphatic heterocycles. The summed E-state index contributed by atoms with van der Waals surface area (Å²) in [6, 6.07) is -10.2. The lowest BCUT2D eigenvalue weighted by atomic mass is 9.99. The van der Waals surface area contributed by atoms with E-state index in [4.69, 9.17) is 5.73 Å². The lowest BCUT2D eigenvalue weighted by Gasteiger charge is -2.31. The van der Waals surface area contributed by atoms with E-state index in [1.165, 1.54) is 20.8 Å². The third-order valence-electron chi connectivity index (χ3n) is 9.63. The minimum absolute atomic E-state index is 0.142. The normalized spacial score (nSPS) is 25.3. The summed E-state index contributed by atoms with van der Waals surface area (Å²) in [6.45, 7) is 1.55. The summed E-state index contributed by atoms with van der Waals surface area (Å²) in [5, 5.41) is 80.4. The van der Waals surface area contributed by atoms with Crippen molar-refractivity contribution in [3.63, 3.8) is 0 Å². The van der Waals surface area contributed by atoms with E-state index in [1.54, 1.807) is 5.32 Å². The van der Waals surface area contributed by atoms with Crippen molar-refractivity contribution in [1.29, 1.82) is 0 Å². The fourth-order valence-corrected chi connectivity index (χ4v) is 5.68. The van der Waals surface area contributed by atoms with Crippen LogP contribution in [0.15, 0.2) is 24.3 Å². The van der Waals surface area contributed by atoms with E-state index in [9.17, 15) is 91.8 Å². The molecule has 1 heterocycles. The minimum Gasteiger partial charge on any atom is -0.479 e. The first-order valence-electron chi connectivity index (χ1n) is 19.7. The average molecular weight is 951 g/mol. The molecule has 1 aliphatic rings. The largest absolute Gasteiger partial charge is 0.479 e. The maximum Gasteiger partial charge on any atom is 0.416 e. The van der Waals surface area contributed by atoms with E-state index < -0.39 is 163 Å². The van der Waals surface area contributed by atoms with Gasteiger partial charge in [-0.2, -0.15) is 13.2 Å². The van der Waals surface area contributed by atoms with Crippen molar-refractivity contribution in [3.8, 4) is 0 Å². The number of primary amides is 1. The van der Waals surface area contributed by atoms with Gasteiger partial charge >= 0.3 is 12.1 Å². The van der Waals surface area contributed by atoms with Crippen LogP contribution in [0.3, 0.4) is 0 Å². The van der Waals surface area contributed by atoms with Crippen LogP contribution in [0.1, 0.15) is 38.8 Å². The third kappa shape index (κ3) is 16.2. The third-order valence-corrected chi connectivity index (χ3v) is 9.63. The molecule has 0 radical (unpaired) electrons. The maximum absolute atomic E-state index is 13.7. The molecule has 26 nitrogen and oxygen atoms in total. The number of nitrogens with one attached hydrogen (secondary N) is 9. The first-order chi connectivity index (χ1) is 30.6. The van der Waals surface area contributed by atoms with Crippen LogP contribution in [0, 0.1) is 5.92 Å². The molecule has 0 saturated carbocycles. The molecule has 5 unspecified atom stereocenters. The van der Waals surface area contributed by atoms with Crippen LogP contribution >= 0.6 is 0 Å². The van der Waals surface area contributed by atoms with Crippen molar-refractivity contribution < 1.29 is 91.8 Å². The number of rotatable bonds is 13. The lowest BCUT2D eigenvalue weighted by Crippen LogP contribution is -2.66. The molecule has 0 aromatic heterocycles. The molecule has 1 aromatic rings. The van der Waals surface area contributed by atoms with Crippen LogP contribution in [0.4, 0.5) is 13.2 Å². The molecule has 9 amide bonds. The molecular weight excluding hydrogens is 897 g/mol. The number of aliphatic carboxylic acids is 1. The van der Waals surface area contributed by atoms with Gasteiger partial charge in [0.2, 0.25) is 47.4 Å². The van der Waals surface area contributed by atoms with E-state index in [2.05, 4.69) is 16.0 Å². The van der Waals surface area contributed by atoms with Gasteiger partial charge in [-0.3, -0.25) is 43.2 Å². The van der Waals surface area contributed by atoms with E-state index in [0.29, 0.717) is 5.56 Å². The number of carboxylic acids is 1. The summed E-state index contributed by atoms with van der Waals surface area (Å²) in [5.41, 5.74) is 4.45. The first-order valence-corrected chi connectivity index (χ1v) is 19.7. The summed E-state index contributed by atoms with van der Waals surface area (Å²) < 4.78 is 38.9. The molecule has 1 aromatic carbocycles. The van der Waals surface area contributed by atoms with Gasteiger partial charge in [-0.05, 0) is 37.5 Å². The average Bonchev–Trinajstić information content (AvgIpc) is 3.24. The van der Waals surface area contributed by atoms with E-state index in [-0.39, 0.29) is 6.54 Å². The molecule has 2 rings (SSSR count). The zero-order chi connectivity index (χ0) is 50.4. The summed E-state index contributed by atoms with van der Waals surface area (Å²) in [5.74, 6) is -15.9. The lowest BCUT2D eigenvalue weighted by molar-refractivity contribution is -0.148. The van der Waals surface area contributed by atoms with E-state index in [0.717, 1.165) is 31.2 Å². The van der Waals surface area contributed by atoms with Crippen molar-refractivity contribution in [2.24, 2.45) is 11.7 Å². The maximum atomic E-state index is 13.7. The predicted octanol–water partition coefficient (Wildman–Crippen LogP) is -7.98. The predicted molar refractivity (Wildman–Crippen MR) is 214 cm³/mol. The molecular formula is C37H53F3N10O16. The van der Waals surface area contributed by atoms with Gasteiger partial charge in [0, 0.05) is 13.1 Å². The minimum atomic E-state index is -4.60. The summed E-state index contributed by atoms with van der Waals surface area (Å²) in [4.78, 5) is 130. The number of hydrogen-bond acceptors (Lipinski definition) is 16. The molecule has 17 N–H and O–H groups in total. The van der Waals surface area contributed by atoms with E-state index in [1.807, 2.05) is 26.6 Å². The molecule has 368 valence electrons. The molecule has 0 bridgehead atoms. The second-order valence-corrected chi connectivity index (χ2v) is 15.2. The fraction of sp³-hybridized carbons (Fsp3) is 0.568. The number of carbonyl (C=O) groups is 10. The van der Waals surface area contributed by atoms with Crippen LogP contribution < -0.4 is 53.6 Å². The van der Waals surface area contributed by atoms with E-state index >= 15 is 0 Å². The molecule has 0 aliphatic carbocycles. The number of amides is 9. The van der Waals surface area contributed by atoms with Crippen LogP contribution in [0.5, 0.6) is 0 Å². The van der Waals surface area contributed by atoms with Crippen molar-refractivity contribution in [2.45, 2.75) is 107 Å². The zero-order valence-electron chi connectivity index (χ0n) is 35.5. The summed E-state index contributed by atoms with van der Waals surface area (Å²) in [6.07, 6.45) is -13.9. The Morgan fingerprint density at radius 3 is 1.79 bits per heavy atom. The first kappa shape index (κ1) is 55.6. The van der Waals surface area contributed by atoms with Crippen molar-refractivity contribution in [2.75, 3.05) is 19.7 Å². The van der Waals surface area contributed by atoms with Crippen molar-refractivity contribution >= 4 is 59.1 Å². The van der Waals surface area contributed by atoms with Gasteiger partial charge in [0.1, 0.15) is 42.4 Å². The SMILES string of the molecule is CC(NCc1ccc(C(F)(F)F)cc1)C(=O)NC[C@@H]1NC(=O)C(C(=O)O)NC(=O)[C@@H](O)CNC(=O)[C@H]([C@@H](C)O)NC(=O)C(C(O)C(O)C(N)=O)NC(=O)[C@H](C(C)C)NC(=O)[C@H](CO)NC1=O. The van der Waals surface area contributed by atoms with Gasteiger partial charge in [-0.1, -0.05) is 26.0 Å². The summed E-state index contributed by atoms with van der Waals surface area (Å²) >= 11 is 0. The fourth-order valence-electron chi connectivity index (χ4n) is 5.68. The topological polar surface area (TPSA) is 426 Å². The Kier molecular flexibility index (Phi) is 20.8. The zero-order valence-corrected chi connectivity index (χ0v) is 35.5. The number of hydrogen-bond donors (Lipinski definition) is 16. The second-order valence-electron chi connectivity index (χ2n) is 15.2. The smallest absolute Gasteiger partial charge is 0.416 e. The Balaban J connectivity index is 2.55. The van der Waals surface area contributed by atoms with Crippen molar-refractivity contribution in [3.05, 3.63) is 35.4 Å². The second kappa shape index (κ2) is 24.7. The Labute approximate surface area is 372 Å². The number of halogens is 3. The van der Waals surface area contributed by atoms with Crippen LogP contribution in [-0.4, -0.2) is 176 Å². The molecule has 0 spiro atoms. The summed E-state index contributed by atoms with van der Waals surface area (Å²) in [7, 11) is 0. The quantitative estimate of drug-likeness (QED) is 0.0817. The Morgan fingerprint density at radius 1 is 0.742 bits per heavy atom. The van der Waals surface area contributed by atoms with Gasteiger partial charge in [0.25, 0.3) is 11.8 Å². The van der Waals surface area contributed by atoms with Crippen LogP contribution in [0.2, 0.25) is 0 Å². The highest BCUT2D eigenvalue weighted by Crippen LogP contribution is 2.29. The van der Waals surface area contributed by atoms with Crippen LogP contribution in [0.25, 0.3) is 0 Å². The number of β-amino-alcohol motifs (C(OH)–C–C–N with tert-alkyl or cyclic N) is 1. The number of aliphatic hydroxyl groups is 5. The van der Waals surface area contributed by atoms with Gasteiger partial charge in [-0.25, -0.2) is 4.79 Å². The number of aliphatic hydroxyl groups excluding tert-OH is 5. The molecule has 1 saturated heterocycles. The molecule has 1 fully saturated rings. The number of nitrogens with two attached hydrogens (primary N) is 1. The highest BCUT2D eigenvalue weighted by Gasteiger charge is 2.41. The van der Waals surface area contributed by atoms with Gasteiger partial charge in [0.05, 0.1) is 30.9 Å². The van der Waals surface area contributed by atoms with Crippen LogP contribution in [-0.2, 0) is 60.7 Å². The molecule has 29 heteroatoms. The van der Waals surface area contributed by atoms with Gasteiger partial charge in [0.15, 0.2) is 6.10 Å². The monoisotopic (exact) mass is 950 g/mol. The standard InChI is InChI=1S/C37H53F3N10O16/c1-13(2)21-33(62)49-23(25(54)26(55)27(41)56)34(63)48-22(15(4)52)32(61)44-11-20(53)31(60)50-24(36(65)66)35(64)45-18(29(58)46-19(12-51)30(59)47-21)10-43-28(57)14(3)42-9-16-5-7-17(8-6-16)37(38,39)40/h5-8,13-15,18-26,42,51-55H,9-12H2,1-4H3,(H2,41,56)(H,43,57)(H,44,61)(H,45,64)(H,46,58)(H,47,59)(H,48,63)(H,49,62)(H,50,60)(H,65,66)/t14?,15-,18+,19+,20+,21+,22+,23?,24?,25?,26?/m1/s1. The van der Waals surface area contributed by atoms with Gasteiger partial charge in [-0.15, -0.1) is 0 Å². The molecule has 11 atom stereocenters. The number of benzene rings is 1. The van der Waals surface area contributed by atoms with Crippen molar-refractivity contribution in [1.82, 2.24) is 47.9 Å².